The second-order valence-electron chi connectivity index (χ2n) is 3.69. The highest BCUT2D eigenvalue weighted by molar-refractivity contribution is 4.83. The monoisotopic (exact) mass is 253 g/mol. The van der Waals surface area contributed by atoms with E-state index in [1.807, 2.05) is 0 Å². The predicted octanol–water partition coefficient (Wildman–Crippen LogP) is 0.800. The SMILES string of the molecule is C#CCCOCC(COCCCN)OCCC#C. The molecule has 0 heterocycles. The quantitative estimate of drug-likeness (QED) is 0.413. The third kappa shape index (κ3) is 11.4. The smallest absolute Gasteiger partial charge is 0.104 e. The van der Waals surface area contributed by atoms with Crippen molar-refractivity contribution >= 4 is 0 Å². The van der Waals surface area contributed by atoms with Gasteiger partial charge in [0, 0.05) is 19.4 Å². The van der Waals surface area contributed by atoms with E-state index in [0.717, 1.165) is 6.42 Å². The van der Waals surface area contributed by atoms with Gasteiger partial charge >= 0.3 is 0 Å². The van der Waals surface area contributed by atoms with Gasteiger partial charge in [0.05, 0.1) is 26.4 Å². The fourth-order valence-corrected chi connectivity index (χ4v) is 1.17. The van der Waals surface area contributed by atoms with Gasteiger partial charge in [-0.15, -0.1) is 24.7 Å². The molecule has 0 radical (unpaired) electrons. The molecule has 0 saturated carbocycles. The number of hydrogen-bond acceptors (Lipinski definition) is 4. The number of ether oxygens (including phenoxy) is 3. The Balaban J connectivity index is 3.70. The topological polar surface area (TPSA) is 53.7 Å². The van der Waals surface area contributed by atoms with E-state index < -0.39 is 0 Å². The van der Waals surface area contributed by atoms with Crippen LogP contribution in [-0.2, 0) is 14.2 Å². The molecule has 0 aromatic rings. The first-order valence-electron chi connectivity index (χ1n) is 6.19. The third-order valence-corrected chi connectivity index (χ3v) is 2.09. The average Bonchev–Trinajstić information content (AvgIpc) is 2.39. The van der Waals surface area contributed by atoms with Crippen LogP contribution in [-0.4, -0.2) is 45.7 Å². The molecule has 2 N–H and O–H groups in total. The molecule has 0 fully saturated rings. The molecule has 0 bridgehead atoms. The van der Waals surface area contributed by atoms with Crippen molar-refractivity contribution in [3.8, 4) is 24.7 Å². The number of rotatable bonds is 12. The first kappa shape index (κ1) is 17.0. The van der Waals surface area contributed by atoms with E-state index in [1.54, 1.807) is 0 Å². The minimum atomic E-state index is -0.103. The van der Waals surface area contributed by atoms with Gasteiger partial charge in [-0.1, -0.05) is 0 Å². The minimum Gasteiger partial charge on any atom is -0.379 e. The van der Waals surface area contributed by atoms with Crippen LogP contribution in [0.1, 0.15) is 19.3 Å². The normalized spacial score (nSPS) is 11.7. The number of hydrogen-bond donors (Lipinski definition) is 1. The van der Waals surface area contributed by atoms with Crippen LogP contribution in [0.3, 0.4) is 0 Å². The zero-order valence-corrected chi connectivity index (χ0v) is 10.9. The van der Waals surface area contributed by atoms with E-state index in [0.29, 0.717) is 52.4 Å². The number of terminal acetylenes is 2. The lowest BCUT2D eigenvalue weighted by Gasteiger charge is -2.17. The summed E-state index contributed by atoms with van der Waals surface area (Å²) in [7, 11) is 0. The van der Waals surface area contributed by atoms with Crippen LogP contribution in [0.5, 0.6) is 0 Å². The van der Waals surface area contributed by atoms with Crippen LogP contribution in [0, 0.1) is 24.7 Å². The zero-order chi connectivity index (χ0) is 13.5. The fraction of sp³-hybridized carbons (Fsp3) is 0.714. The van der Waals surface area contributed by atoms with Crippen molar-refractivity contribution < 1.29 is 14.2 Å². The van der Waals surface area contributed by atoms with E-state index >= 15 is 0 Å². The van der Waals surface area contributed by atoms with E-state index in [4.69, 9.17) is 32.8 Å². The maximum Gasteiger partial charge on any atom is 0.104 e. The highest BCUT2D eigenvalue weighted by Crippen LogP contribution is 1.98. The van der Waals surface area contributed by atoms with Crippen LogP contribution < -0.4 is 5.73 Å². The van der Waals surface area contributed by atoms with Gasteiger partial charge in [0.25, 0.3) is 0 Å². The van der Waals surface area contributed by atoms with Crippen molar-refractivity contribution in [1.29, 1.82) is 0 Å². The lowest BCUT2D eigenvalue weighted by Crippen LogP contribution is -2.27. The van der Waals surface area contributed by atoms with Gasteiger partial charge in [-0.05, 0) is 13.0 Å². The second kappa shape index (κ2) is 14.0. The van der Waals surface area contributed by atoms with Crippen molar-refractivity contribution in [2.75, 3.05) is 39.6 Å². The molecular formula is C14H23NO3. The molecule has 4 nitrogen and oxygen atoms in total. The Morgan fingerprint density at radius 3 is 2.17 bits per heavy atom. The van der Waals surface area contributed by atoms with Gasteiger partial charge in [0.2, 0.25) is 0 Å². The van der Waals surface area contributed by atoms with Gasteiger partial charge in [-0.3, -0.25) is 0 Å². The van der Waals surface area contributed by atoms with E-state index in [1.165, 1.54) is 0 Å². The maximum absolute atomic E-state index is 5.57. The molecule has 1 atom stereocenters. The van der Waals surface area contributed by atoms with Crippen molar-refractivity contribution in [3.63, 3.8) is 0 Å². The van der Waals surface area contributed by atoms with Crippen LogP contribution in [0.4, 0.5) is 0 Å². The highest BCUT2D eigenvalue weighted by Gasteiger charge is 2.09. The molecule has 0 aliphatic carbocycles. The van der Waals surface area contributed by atoms with Gasteiger partial charge in [0.15, 0.2) is 0 Å². The van der Waals surface area contributed by atoms with Crippen molar-refractivity contribution in [1.82, 2.24) is 0 Å². The molecule has 0 rings (SSSR count). The molecule has 0 aliphatic heterocycles. The van der Waals surface area contributed by atoms with Crippen molar-refractivity contribution in [3.05, 3.63) is 0 Å². The molecule has 0 aromatic heterocycles. The van der Waals surface area contributed by atoms with Gasteiger partial charge in [-0.25, -0.2) is 0 Å². The Morgan fingerprint density at radius 2 is 1.56 bits per heavy atom. The van der Waals surface area contributed by atoms with Gasteiger partial charge in [-0.2, -0.15) is 0 Å². The number of nitrogens with two attached hydrogens (primary N) is 1. The summed E-state index contributed by atoms with van der Waals surface area (Å²) in [6, 6.07) is 0. The van der Waals surface area contributed by atoms with Crippen LogP contribution in [0.15, 0.2) is 0 Å². The molecule has 0 aliphatic rings. The molecule has 0 spiro atoms. The molecule has 18 heavy (non-hydrogen) atoms. The van der Waals surface area contributed by atoms with E-state index in [9.17, 15) is 0 Å². The minimum absolute atomic E-state index is 0.103. The van der Waals surface area contributed by atoms with Gasteiger partial charge < -0.3 is 19.9 Å². The zero-order valence-electron chi connectivity index (χ0n) is 10.9. The third-order valence-electron chi connectivity index (χ3n) is 2.09. The van der Waals surface area contributed by atoms with Crippen LogP contribution in [0.25, 0.3) is 0 Å². The Labute approximate surface area is 110 Å². The lowest BCUT2D eigenvalue weighted by molar-refractivity contribution is -0.0577. The second-order valence-corrected chi connectivity index (χ2v) is 3.69. The summed E-state index contributed by atoms with van der Waals surface area (Å²) < 4.78 is 16.4. The van der Waals surface area contributed by atoms with E-state index in [-0.39, 0.29) is 6.10 Å². The molecular weight excluding hydrogens is 230 g/mol. The fourth-order valence-electron chi connectivity index (χ4n) is 1.17. The Bertz CT molecular complexity index is 255. The van der Waals surface area contributed by atoms with Crippen LogP contribution >= 0.6 is 0 Å². The molecule has 1 unspecified atom stereocenters. The van der Waals surface area contributed by atoms with E-state index in [2.05, 4.69) is 11.8 Å². The van der Waals surface area contributed by atoms with Crippen molar-refractivity contribution in [2.24, 2.45) is 5.73 Å². The van der Waals surface area contributed by atoms with Gasteiger partial charge in [0.1, 0.15) is 6.10 Å². The summed E-state index contributed by atoms with van der Waals surface area (Å²) >= 11 is 0. The summed E-state index contributed by atoms with van der Waals surface area (Å²) in [6.45, 7) is 3.26. The lowest BCUT2D eigenvalue weighted by atomic mass is 10.4. The Morgan fingerprint density at radius 1 is 0.944 bits per heavy atom. The first-order chi connectivity index (χ1) is 8.85. The Kier molecular flexibility index (Phi) is 13.2. The maximum atomic E-state index is 5.57. The molecule has 102 valence electrons. The molecule has 4 heteroatoms. The van der Waals surface area contributed by atoms with Crippen LogP contribution in [0.2, 0.25) is 0 Å². The summed E-state index contributed by atoms with van der Waals surface area (Å²) in [5.74, 6) is 5.04. The summed E-state index contributed by atoms with van der Waals surface area (Å²) in [5.41, 5.74) is 5.38. The standard InChI is InChI=1S/C14H23NO3/c1-3-5-9-16-12-14(18-11-6-4-2)13-17-10-7-8-15/h1-2,14H,5-13,15H2. The first-order valence-corrected chi connectivity index (χ1v) is 6.19. The molecule has 0 aromatic carbocycles. The predicted molar refractivity (Wildman–Crippen MR) is 71.9 cm³/mol. The Hall–Kier alpha value is -1.04. The largest absolute Gasteiger partial charge is 0.379 e. The summed E-state index contributed by atoms with van der Waals surface area (Å²) in [4.78, 5) is 0. The highest BCUT2D eigenvalue weighted by atomic mass is 16.6. The van der Waals surface area contributed by atoms with Crippen molar-refractivity contribution in [2.45, 2.75) is 25.4 Å². The summed E-state index contributed by atoms with van der Waals surface area (Å²) in [6.07, 6.45) is 12.2. The average molecular weight is 253 g/mol. The summed E-state index contributed by atoms with van der Waals surface area (Å²) in [5, 5.41) is 0. The molecule has 0 saturated heterocycles. The molecule has 0 amide bonds.